The fourth-order valence-corrected chi connectivity index (χ4v) is 3.92. The van der Waals surface area contributed by atoms with Gasteiger partial charge in [0.25, 0.3) is 0 Å². The lowest BCUT2D eigenvalue weighted by atomic mass is 9.91. The number of rotatable bonds is 4. The molecule has 7 nitrogen and oxygen atoms in total. The lowest BCUT2D eigenvalue weighted by molar-refractivity contribution is -0.192. The minimum atomic E-state index is -5.08. The molecule has 2 atom stereocenters. The smallest absolute Gasteiger partial charge is 0.475 e. The molecule has 1 aromatic carbocycles. The number of hydrogen-bond donors (Lipinski definition) is 2. The highest BCUT2D eigenvalue weighted by molar-refractivity contribution is 7.99. The minimum absolute atomic E-state index is 0.0274. The van der Waals surface area contributed by atoms with Crippen LogP contribution in [0.5, 0.6) is 0 Å². The van der Waals surface area contributed by atoms with Crippen LogP contribution >= 0.6 is 11.8 Å². The molecule has 3 rings (SSSR count). The van der Waals surface area contributed by atoms with Gasteiger partial charge in [0.1, 0.15) is 0 Å². The largest absolute Gasteiger partial charge is 0.490 e. The molecular weight excluding hydrogens is 447 g/mol. The maximum atomic E-state index is 12.5. The second-order valence-corrected chi connectivity index (χ2v) is 8.32. The third-order valence-corrected chi connectivity index (χ3v) is 5.95. The molecule has 11 heteroatoms. The van der Waals surface area contributed by atoms with E-state index in [1.165, 1.54) is 0 Å². The van der Waals surface area contributed by atoms with Gasteiger partial charge in [0.15, 0.2) is 0 Å². The van der Waals surface area contributed by atoms with Gasteiger partial charge in [-0.2, -0.15) is 13.2 Å². The average Bonchev–Trinajstić information content (AvgIpc) is 3.29. The molecule has 1 saturated heterocycles. The van der Waals surface area contributed by atoms with E-state index in [1.807, 2.05) is 48.4 Å². The number of carbonyl (C=O) groups excluding carboxylic acids is 1. The average molecular weight is 472 g/mol. The van der Waals surface area contributed by atoms with Gasteiger partial charge in [-0.1, -0.05) is 31.2 Å². The van der Waals surface area contributed by atoms with Gasteiger partial charge in [0, 0.05) is 37.5 Å². The zero-order valence-corrected chi connectivity index (χ0v) is 18.3. The SMILES string of the molecule is C[C@@H](c1ccc(-c2ccc(=O)n(C)c2)cc1)[C@H](N)C(=O)N1CCSC1.O=C(O)C(F)(F)F. The number of alkyl halides is 3. The van der Waals surface area contributed by atoms with Crippen molar-refractivity contribution in [2.24, 2.45) is 12.8 Å². The molecule has 0 radical (unpaired) electrons. The molecule has 0 aliphatic carbocycles. The Morgan fingerprint density at radius 2 is 1.69 bits per heavy atom. The third-order valence-electron chi connectivity index (χ3n) is 4.99. The molecule has 0 unspecified atom stereocenters. The second kappa shape index (κ2) is 10.7. The summed E-state index contributed by atoms with van der Waals surface area (Å²) in [6, 6.07) is 10.9. The van der Waals surface area contributed by atoms with Crippen LogP contribution in [0, 0.1) is 0 Å². The summed E-state index contributed by atoms with van der Waals surface area (Å²) >= 11 is 1.76. The number of hydrogen-bond acceptors (Lipinski definition) is 5. The Hall–Kier alpha value is -2.79. The van der Waals surface area contributed by atoms with Crippen molar-refractivity contribution in [1.82, 2.24) is 9.47 Å². The molecule has 2 aromatic rings. The number of carbonyl (C=O) groups is 2. The summed E-state index contributed by atoms with van der Waals surface area (Å²) in [5.41, 5.74) is 9.25. The molecule has 1 aliphatic heterocycles. The maximum absolute atomic E-state index is 12.5. The molecule has 0 bridgehead atoms. The Morgan fingerprint density at radius 3 is 2.16 bits per heavy atom. The number of benzene rings is 1. The summed E-state index contributed by atoms with van der Waals surface area (Å²) in [6.45, 7) is 2.78. The summed E-state index contributed by atoms with van der Waals surface area (Å²) < 4.78 is 33.3. The number of aliphatic carboxylic acids is 1. The Kier molecular flexibility index (Phi) is 8.51. The fourth-order valence-electron chi connectivity index (χ4n) is 2.96. The van der Waals surface area contributed by atoms with E-state index < -0.39 is 18.2 Å². The number of pyridine rings is 1. The number of amides is 1. The Morgan fingerprint density at radius 1 is 1.12 bits per heavy atom. The molecular formula is C21H24F3N3O4S. The molecule has 0 saturated carbocycles. The second-order valence-electron chi connectivity index (χ2n) is 7.25. The van der Waals surface area contributed by atoms with Gasteiger partial charge in [0.05, 0.1) is 11.9 Å². The maximum Gasteiger partial charge on any atom is 0.490 e. The van der Waals surface area contributed by atoms with Crippen LogP contribution < -0.4 is 11.3 Å². The van der Waals surface area contributed by atoms with Gasteiger partial charge in [-0.05, 0) is 22.8 Å². The van der Waals surface area contributed by atoms with Crippen molar-refractivity contribution in [3.63, 3.8) is 0 Å². The highest BCUT2D eigenvalue weighted by atomic mass is 32.2. The highest BCUT2D eigenvalue weighted by Crippen LogP contribution is 2.25. The van der Waals surface area contributed by atoms with E-state index in [4.69, 9.17) is 15.6 Å². The summed E-state index contributed by atoms with van der Waals surface area (Å²) in [7, 11) is 1.74. The number of nitrogens with two attached hydrogens (primary N) is 1. The monoisotopic (exact) mass is 471 g/mol. The molecule has 3 N–H and O–H groups in total. The van der Waals surface area contributed by atoms with E-state index in [2.05, 4.69) is 0 Å². The number of carboxylic acids is 1. The molecule has 0 spiro atoms. The van der Waals surface area contributed by atoms with Crippen molar-refractivity contribution < 1.29 is 27.9 Å². The first-order valence-electron chi connectivity index (χ1n) is 9.61. The quantitative estimate of drug-likeness (QED) is 0.710. The van der Waals surface area contributed by atoms with E-state index >= 15 is 0 Å². The lowest BCUT2D eigenvalue weighted by Crippen LogP contribution is -2.45. The summed E-state index contributed by atoms with van der Waals surface area (Å²) in [5.74, 6) is -1.05. The highest BCUT2D eigenvalue weighted by Gasteiger charge is 2.38. The van der Waals surface area contributed by atoms with Gasteiger partial charge in [-0.3, -0.25) is 9.59 Å². The van der Waals surface area contributed by atoms with Crippen molar-refractivity contribution in [3.05, 3.63) is 58.5 Å². The van der Waals surface area contributed by atoms with Gasteiger partial charge in [-0.15, -0.1) is 11.8 Å². The molecule has 32 heavy (non-hydrogen) atoms. The van der Waals surface area contributed by atoms with Crippen LogP contribution in [0.4, 0.5) is 13.2 Å². The predicted molar refractivity (Wildman–Crippen MR) is 116 cm³/mol. The predicted octanol–water partition coefficient (Wildman–Crippen LogP) is 2.65. The van der Waals surface area contributed by atoms with Gasteiger partial charge in [-0.25, -0.2) is 4.79 Å². The number of nitrogens with zero attached hydrogens (tertiary/aromatic N) is 2. The van der Waals surface area contributed by atoms with Gasteiger partial charge >= 0.3 is 12.1 Å². The topological polar surface area (TPSA) is 106 Å². The first-order chi connectivity index (χ1) is 14.9. The van der Waals surface area contributed by atoms with E-state index in [-0.39, 0.29) is 17.4 Å². The van der Waals surface area contributed by atoms with E-state index in [0.29, 0.717) is 0 Å². The molecule has 1 aliphatic rings. The van der Waals surface area contributed by atoms with Crippen molar-refractivity contribution in [2.75, 3.05) is 18.2 Å². The van der Waals surface area contributed by atoms with Crippen molar-refractivity contribution >= 4 is 23.6 Å². The van der Waals surface area contributed by atoms with Gasteiger partial charge in [0.2, 0.25) is 11.5 Å². The number of carboxylic acid groups (broad SMARTS) is 1. The van der Waals surface area contributed by atoms with Crippen molar-refractivity contribution in [2.45, 2.75) is 25.1 Å². The van der Waals surface area contributed by atoms with Gasteiger partial charge < -0.3 is 20.3 Å². The third kappa shape index (κ3) is 6.60. The first kappa shape index (κ1) is 25.5. The normalized spacial score (nSPS) is 15.5. The summed E-state index contributed by atoms with van der Waals surface area (Å²) in [5, 5.41) is 7.12. The zero-order valence-electron chi connectivity index (χ0n) is 17.5. The van der Waals surface area contributed by atoms with Crippen LogP contribution in [0.25, 0.3) is 11.1 Å². The number of aromatic nitrogens is 1. The number of aryl methyl sites for hydroxylation is 1. The first-order valence-corrected chi connectivity index (χ1v) is 10.8. The van der Waals surface area contributed by atoms with Crippen LogP contribution in [0.3, 0.4) is 0 Å². The molecule has 174 valence electrons. The molecule has 1 amide bonds. The lowest BCUT2D eigenvalue weighted by Gasteiger charge is -2.24. The van der Waals surface area contributed by atoms with Crippen LogP contribution in [0.2, 0.25) is 0 Å². The zero-order chi connectivity index (χ0) is 24.1. The van der Waals surface area contributed by atoms with E-state index in [1.54, 1.807) is 29.4 Å². The molecule has 1 fully saturated rings. The van der Waals surface area contributed by atoms with Crippen LogP contribution in [-0.4, -0.2) is 56.8 Å². The van der Waals surface area contributed by atoms with Crippen molar-refractivity contribution in [3.8, 4) is 11.1 Å². The minimum Gasteiger partial charge on any atom is -0.475 e. The number of halogens is 3. The van der Waals surface area contributed by atoms with E-state index in [0.717, 1.165) is 34.9 Å². The van der Waals surface area contributed by atoms with Crippen molar-refractivity contribution in [1.29, 1.82) is 0 Å². The molecule has 2 heterocycles. The van der Waals surface area contributed by atoms with E-state index in [9.17, 15) is 22.8 Å². The number of thioether (sulfide) groups is 1. The molecule has 1 aromatic heterocycles. The Labute approximate surface area is 187 Å². The summed E-state index contributed by atoms with van der Waals surface area (Å²) in [6.07, 6.45) is -3.26. The summed E-state index contributed by atoms with van der Waals surface area (Å²) in [4.78, 5) is 34.7. The fraction of sp³-hybridized carbons (Fsp3) is 0.381. The van der Waals surface area contributed by atoms with Crippen LogP contribution in [-0.2, 0) is 16.6 Å². The Bertz CT molecular complexity index is 1000. The van der Waals surface area contributed by atoms with Crippen LogP contribution in [0.15, 0.2) is 47.4 Å². The standard InChI is InChI=1S/C19H23N3O2S.C2HF3O2/c1-13(18(20)19(24)22-9-10-25-12-22)14-3-5-15(6-4-14)16-7-8-17(23)21(2)11-16;3-2(4,5)1(6)7/h3-8,11,13,18H,9-10,12,20H2,1-2H3;(H,6,7)/t13-,18-;/m0./s1. The van der Waals surface area contributed by atoms with Crippen LogP contribution in [0.1, 0.15) is 18.4 Å². The Balaban J connectivity index is 0.000000451.